The zero-order valence-corrected chi connectivity index (χ0v) is 14.1. The molecule has 0 unspecified atom stereocenters. The summed E-state index contributed by atoms with van der Waals surface area (Å²) in [5.41, 5.74) is 3.54. The molecule has 3 rings (SSSR count). The summed E-state index contributed by atoms with van der Waals surface area (Å²) in [4.78, 5) is 9.43. The lowest BCUT2D eigenvalue weighted by atomic mass is 10.0. The summed E-state index contributed by atoms with van der Waals surface area (Å²) in [6.45, 7) is 5.09. The van der Waals surface area contributed by atoms with Gasteiger partial charge in [0.25, 0.3) is 0 Å². The summed E-state index contributed by atoms with van der Waals surface area (Å²) in [6.07, 6.45) is 3.64. The SMILES string of the molecule is CCCNc1nc(-c2ccccc2C2CC2)nc(C)c1Br. The second kappa shape index (κ2) is 6.14. The Labute approximate surface area is 134 Å². The van der Waals surface area contributed by atoms with Crippen molar-refractivity contribution in [3.8, 4) is 11.4 Å². The fraction of sp³-hybridized carbons (Fsp3) is 0.412. The van der Waals surface area contributed by atoms with Crippen molar-refractivity contribution in [2.75, 3.05) is 11.9 Å². The number of rotatable bonds is 5. The first kappa shape index (κ1) is 14.5. The molecule has 1 aliphatic rings. The van der Waals surface area contributed by atoms with Crippen LogP contribution in [0.3, 0.4) is 0 Å². The van der Waals surface area contributed by atoms with Gasteiger partial charge in [-0.3, -0.25) is 0 Å². The minimum absolute atomic E-state index is 0.695. The van der Waals surface area contributed by atoms with Gasteiger partial charge in [-0.15, -0.1) is 0 Å². The lowest BCUT2D eigenvalue weighted by Gasteiger charge is -2.13. The molecule has 1 aliphatic carbocycles. The molecule has 0 aliphatic heterocycles. The minimum atomic E-state index is 0.695. The average Bonchev–Trinajstić information content (AvgIpc) is 3.33. The number of nitrogens with one attached hydrogen (secondary N) is 1. The normalized spacial score (nSPS) is 14.2. The van der Waals surface area contributed by atoms with E-state index < -0.39 is 0 Å². The monoisotopic (exact) mass is 345 g/mol. The summed E-state index contributed by atoms with van der Waals surface area (Å²) >= 11 is 3.59. The van der Waals surface area contributed by atoms with E-state index in [1.807, 2.05) is 6.92 Å². The molecule has 1 aromatic heterocycles. The number of hydrogen-bond donors (Lipinski definition) is 1. The van der Waals surface area contributed by atoms with Crippen molar-refractivity contribution in [1.29, 1.82) is 0 Å². The maximum absolute atomic E-state index is 4.74. The van der Waals surface area contributed by atoms with Crippen LogP contribution >= 0.6 is 15.9 Å². The van der Waals surface area contributed by atoms with Crippen LogP contribution in [-0.4, -0.2) is 16.5 Å². The molecule has 4 heteroatoms. The van der Waals surface area contributed by atoms with Gasteiger partial charge in [0.15, 0.2) is 5.82 Å². The summed E-state index contributed by atoms with van der Waals surface area (Å²) in [6, 6.07) is 8.53. The number of aromatic nitrogens is 2. The molecular weight excluding hydrogens is 326 g/mol. The third-order valence-electron chi connectivity index (χ3n) is 3.78. The van der Waals surface area contributed by atoms with E-state index in [0.29, 0.717) is 5.92 Å². The number of aryl methyl sites for hydroxylation is 1. The van der Waals surface area contributed by atoms with Crippen LogP contribution in [0.4, 0.5) is 5.82 Å². The van der Waals surface area contributed by atoms with Crippen LogP contribution in [0.25, 0.3) is 11.4 Å². The lowest BCUT2D eigenvalue weighted by Crippen LogP contribution is -2.06. The van der Waals surface area contributed by atoms with Gasteiger partial charge in [-0.25, -0.2) is 9.97 Å². The molecule has 1 aromatic carbocycles. The predicted octanol–water partition coefficient (Wildman–Crippen LogP) is 4.91. The minimum Gasteiger partial charge on any atom is -0.369 e. The van der Waals surface area contributed by atoms with Crippen molar-refractivity contribution in [2.24, 2.45) is 0 Å². The van der Waals surface area contributed by atoms with E-state index in [2.05, 4.69) is 57.4 Å². The molecule has 110 valence electrons. The van der Waals surface area contributed by atoms with Crippen molar-refractivity contribution in [3.05, 3.63) is 40.0 Å². The quantitative estimate of drug-likeness (QED) is 0.836. The highest BCUT2D eigenvalue weighted by atomic mass is 79.9. The van der Waals surface area contributed by atoms with Crippen molar-refractivity contribution < 1.29 is 0 Å². The maximum Gasteiger partial charge on any atom is 0.162 e. The molecule has 2 aromatic rings. The standard InChI is InChI=1S/C17H20BrN3/c1-3-10-19-17-15(18)11(2)20-16(21-17)14-7-5-4-6-13(14)12-8-9-12/h4-7,12H,3,8-10H2,1-2H3,(H,19,20,21). The van der Waals surface area contributed by atoms with E-state index in [-0.39, 0.29) is 0 Å². The molecule has 0 saturated heterocycles. The van der Waals surface area contributed by atoms with E-state index in [1.165, 1.54) is 24.0 Å². The molecule has 0 spiro atoms. The second-order valence-electron chi connectivity index (χ2n) is 5.58. The van der Waals surface area contributed by atoms with E-state index in [4.69, 9.17) is 4.98 Å². The van der Waals surface area contributed by atoms with E-state index in [1.54, 1.807) is 0 Å². The molecule has 1 heterocycles. The van der Waals surface area contributed by atoms with Gasteiger partial charge < -0.3 is 5.32 Å². The maximum atomic E-state index is 4.74. The molecule has 21 heavy (non-hydrogen) atoms. The molecule has 1 saturated carbocycles. The molecule has 0 atom stereocenters. The van der Waals surface area contributed by atoms with Crippen LogP contribution in [0.15, 0.2) is 28.7 Å². The Morgan fingerprint density at radius 1 is 1.24 bits per heavy atom. The molecule has 1 N–H and O–H groups in total. The Kier molecular flexibility index (Phi) is 4.24. The topological polar surface area (TPSA) is 37.8 Å². The Bertz CT molecular complexity index is 650. The molecule has 0 amide bonds. The average molecular weight is 346 g/mol. The van der Waals surface area contributed by atoms with Crippen LogP contribution in [0.1, 0.15) is 43.4 Å². The number of anilines is 1. The van der Waals surface area contributed by atoms with Crippen LogP contribution in [-0.2, 0) is 0 Å². The van der Waals surface area contributed by atoms with Crippen LogP contribution in [0.5, 0.6) is 0 Å². The van der Waals surface area contributed by atoms with Gasteiger partial charge in [0.1, 0.15) is 5.82 Å². The number of nitrogens with zero attached hydrogens (tertiary/aromatic N) is 2. The van der Waals surface area contributed by atoms with Crippen molar-refractivity contribution in [2.45, 2.75) is 39.0 Å². The van der Waals surface area contributed by atoms with E-state index in [0.717, 1.165) is 34.8 Å². The first-order valence-corrected chi connectivity index (χ1v) is 8.37. The zero-order valence-electron chi connectivity index (χ0n) is 12.5. The third kappa shape index (κ3) is 3.10. The summed E-state index contributed by atoms with van der Waals surface area (Å²) in [7, 11) is 0. The van der Waals surface area contributed by atoms with Crippen LogP contribution in [0.2, 0.25) is 0 Å². The number of halogens is 1. The van der Waals surface area contributed by atoms with E-state index in [9.17, 15) is 0 Å². The predicted molar refractivity (Wildman–Crippen MR) is 90.7 cm³/mol. The fourth-order valence-corrected chi connectivity index (χ4v) is 2.81. The molecular formula is C17H20BrN3. The molecule has 0 radical (unpaired) electrons. The van der Waals surface area contributed by atoms with Crippen molar-refractivity contribution in [3.63, 3.8) is 0 Å². The van der Waals surface area contributed by atoms with Gasteiger partial charge in [0.05, 0.1) is 10.2 Å². The highest BCUT2D eigenvalue weighted by Crippen LogP contribution is 2.44. The Morgan fingerprint density at radius 2 is 2.00 bits per heavy atom. The van der Waals surface area contributed by atoms with Crippen LogP contribution in [0, 0.1) is 6.92 Å². The molecule has 1 fully saturated rings. The first-order chi connectivity index (χ1) is 10.2. The third-order valence-corrected chi connectivity index (χ3v) is 4.73. The number of benzene rings is 1. The highest BCUT2D eigenvalue weighted by Gasteiger charge is 2.27. The zero-order chi connectivity index (χ0) is 14.8. The van der Waals surface area contributed by atoms with Crippen LogP contribution < -0.4 is 5.32 Å². The Hall–Kier alpha value is -1.42. The highest BCUT2D eigenvalue weighted by molar-refractivity contribution is 9.10. The second-order valence-corrected chi connectivity index (χ2v) is 6.38. The van der Waals surface area contributed by atoms with Gasteiger partial charge in [-0.2, -0.15) is 0 Å². The van der Waals surface area contributed by atoms with Gasteiger partial charge in [-0.1, -0.05) is 31.2 Å². The van der Waals surface area contributed by atoms with Crippen molar-refractivity contribution >= 4 is 21.7 Å². The Morgan fingerprint density at radius 3 is 2.71 bits per heavy atom. The molecule has 3 nitrogen and oxygen atoms in total. The van der Waals surface area contributed by atoms with Gasteiger partial charge in [0.2, 0.25) is 0 Å². The number of hydrogen-bond acceptors (Lipinski definition) is 3. The van der Waals surface area contributed by atoms with E-state index >= 15 is 0 Å². The summed E-state index contributed by atoms with van der Waals surface area (Å²) in [5, 5.41) is 3.38. The summed E-state index contributed by atoms with van der Waals surface area (Å²) < 4.78 is 0.962. The fourth-order valence-electron chi connectivity index (χ4n) is 2.49. The van der Waals surface area contributed by atoms with Gasteiger partial charge >= 0.3 is 0 Å². The smallest absolute Gasteiger partial charge is 0.162 e. The first-order valence-electron chi connectivity index (χ1n) is 7.58. The largest absolute Gasteiger partial charge is 0.369 e. The van der Waals surface area contributed by atoms with Crippen molar-refractivity contribution in [1.82, 2.24) is 9.97 Å². The lowest BCUT2D eigenvalue weighted by molar-refractivity contribution is 0.957. The van der Waals surface area contributed by atoms with Gasteiger partial charge in [0, 0.05) is 12.1 Å². The Balaban J connectivity index is 2.04. The van der Waals surface area contributed by atoms with Gasteiger partial charge in [-0.05, 0) is 53.6 Å². The molecule has 0 bridgehead atoms. The summed E-state index contributed by atoms with van der Waals surface area (Å²) in [5.74, 6) is 2.42.